The van der Waals surface area contributed by atoms with E-state index in [1.54, 1.807) is 0 Å². The third-order valence-electron chi connectivity index (χ3n) is 3.74. The molecule has 2 unspecified atom stereocenters. The molecule has 0 aliphatic heterocycles. The standard InChI is InChI=1S/C18H38NO5P/c1-2-3-4-5-6-7-8-9-10-11-12-13-14-15-18(20)17(19)16-24-25(21,22)23/h14-15,17-18,20H,2-13,16,19H2,1H3,(H2,21,22,23)/i16D2,17D,18D,20D/hD2. The van der Waals surface area contributed by atoms with Gasteiger partial charge in [-0.1, -0.05) is 83.3 Å². The summed E-state index contributed by atoms with van der Waals surface area (Å²) in [5, 5.41) is 4.16. The van der Waals surface area contributed by atoms with Crippen molar-refractivity contribution in [3.8, 4) is 0 Å². The van der Waals surface area contributed by atoms with Gasteiger partial charge < -0.3 is 20.6 Å². The maximum Gasteiger partial charge on any atom is 0.469 e. The molecule has 0 saturated heterocycles. The number of rotatable bonds is 19. The topological polar surface area (TPSA) is 113 Å². The first-order valence-corrected chi connectivity index (χ1v) is 10.7. The van der Waals surface area contributed by atoms with Gasteiger partial charge in [-0.05, 0) is 12.8 Å². The van der Waals surface area contributed by atoms with Crippen molar-refractivity contribution in [3.63, 3.8) is 0 Å². The normalized spacial score (nSPS) is 22.2. The first-order valence-electron chi connectivity index (χ1n) is 12.4. The summed E-state index contributed by atoms with van der Waals surface area (Å²) in [6, 6.07) is -3.45. The van der Waals surface area contributed by atoms with Crippen molar-refractivity contribution in [2.45, 2.75) is 96.1 Å². The van der Waals surface area contributed by atoms with Gasteiger partial charge in [0.1, 0.15) is 2.82 Å². The SMILES string of the molecule is [2H]OC([2H])(C=CCCCCCCCCCCCCC)C([2H])(N([2H])[2H])C([2H])([2H])OP(=O)(O)O. The summed E-state index contributed by atoms with van der Waals surface area (Å²) in [7, 11) is -5.48. The van der Waals surface area contributed by atoms with Crippen molar-refractivity contribution in [1.29, 1.82) is 1.43 Å². The first-order chi connectivity index (χ1) is 14.8. The third kappa shape index (κ3) is 18.4. The molecule has 150 valence electrons. The lowest BCUT2D eigenvalue weighted by atomic mass is 10.0. The predicted molar refractivity (Wildman–Crippen MR) is 102 cm³/mol. The Bertz CT molecular complexity index is 596. The Kier molecular flexibility index (Phi) is 9.45. The number of hydrogen-bond acceptors (Lipinski definition) is 4. The molecule has 0 fully saturated rings. The van der Waals surface area contributed by atoms with Crippen LogP contribution < -0.4 is 5.72 Å². The zero-order chi connectivity index (χ0) is 24.9. The van der Waals surface area contributed by atoms with E-state index in [0.29, 0.717) is 6.42 Å². The Morgan fingerprint density at radius 2 is 1.72 bits per heavy atom. The van der Waals surface area contributed by atoms with E-state index in [-0.39, 0.29) is 0 Å². The Labute approximate surface area is 163 Å². The number of hydrogen-bond donors (Lipinski definition) is 4. The first kappa shape index (κ1) is 14.8. The monoisotopic (exact) mass is 386 g/mol. The van der Waals surface area contributed by atoms with E-state index in [2.05, 4.69) is 16.6 Å². The van der Waals surface area contributed by atoms with Crippen LogP contribution in [0.2, 0.25) is 2.82 Å². The minimum absolute atomic E-state index is 0.426. The van der Waals surface area contributed by atoms with E-state index < -0.39 is 32.2 Å². The van der Waals surface area contributed by atoms with Crippen LogP contribution in [-0.2, 0) is 9.09 Å². The number of phosphoric acid groups is 1. The molecule has 25 heavy (non-hydrogen) atoms. The molecule has 0 saturated carbocycles. The second-order valence-electron chi connectivity index (χ2n) is 6.12. The average molecular weight is 387 g/mol. The van der Waals surface area contributed by atoms with Gasteiger partial charge in [-0.2, -0.15) is 0 Å². The Morgan fingerprint density at radius 1 is 1.16 bits per heavy atom. The molecule has 0 aromatic carbocycles. The highest BCUT2D eigenvalue weighted by atomic mass is 31.2. The molecule has 0 amide bonds. The molecule has 0 bridgehead atoms. The maximum atomic E-state index is 11.1. The molecule has 0 heterocycles. The van der Waals surface area contributed by atoms with Crippen LogP contribution >= 0.6 is 7.82 Å². The van der Waals surface area contributed by atoms with Gasteiger partial charge in [0.15, 0.2) is 0 Å². The third-order valence-corrected chi connectivity index (χ3v) is 4.07. The Morgan fingerprint density at radius 3 is 2.20 bits per heavy atom. The maximum absolute atomic E-state index is 11.1. The number of unbranched alkanes of at least 4 members (excludes halogenated alkanes) is 11. The minimum Gasteiger partial charge on any atom is -0.387 e. The van der Waals surface area contributed by atoms with Crippen LogP contribution in [0.4, 0.5) is 0 Å². The highest BCUT2D eigenvalue weighted by Gasteiger charge is 2.19. The largest absolute Gasteiger partial charge is 0.469 e. The molecule has 6 nitrogen and oxygen atoms in total. The molecular weight excluding hydrogens is 341 g/mol. The van der Waals surface area contributed by atoms with Gasteiger partial charge >= 0.3 is 7.82 Å². The van der Waals surface area contributed by atoms with Crippen molar-refractivity contribution in [3.05, 3.63) is 12.2 Å². The molecule has 0 aliphatic carbocycles. The van der Waals surface area contributed by atoms with Crippen LogP contribution in [-0.4, -0.2) is 35.0 Å². The van der Waals surface area contributed by atoms with E-state index in [1.807, 2.05) is 0 Å². The summed E-state index contributed by atoms with van der Waals surface area (Å²) >= 11 is 0. The van der Waals surface area contributed by atoms with Crippen molar-refractivity contribution in [1.82, 2.24) is 0 Å². The summed E-state index contributed by atoms with van der Waals surface area (Å²) in [6.45, 7) is -1.50. The summed E-state index contributed by atoms with van der Waals surface area (Å²) in [4.78, 5) is 17.8. The number of allylic oxidation sites excluding steroid dienone is 1. The Balaban J connectivity index is 4.68. The highest BCUT2D eigenvalue weighted by Crippen LogP contribution is 2.35. The van der Waals surface area contributed by atoms with Gasteiger partial charge in [-0.3, -0.25) is 4.52 Å². The van der Waals surface area contributed by atoms with Crippen molar-refractivity contribution in [2.75, 3.05) is 6.56 Å². The molecule has 0 aromatic heterocycles. The van der Waals surface area contributed by atoms with Gasteiger partial charge in [-0.25, -0.2) is 4.57 Å². The fraction of sp³-hybridized carbons (Fsp3) is 0.889. The fourth-order valence-corrected chi connectivity index (χ4v) is 2.55. The summed E-state index contributed by atoms with van der Waals surface area (Å²) in [5.41, 5.74) is -0.600. The molecule has 2 atom stereocenters. The summed E-state index contributed by atoms with van der Waals surface area (Å²) in [6.07, 6.45) is 12.3. The molecule has 0 rings (SSSR count). The lowest BCUT2D eigenvalue weighted by Gasteiger charge is -2.15. The zero-order valence-electron chi connectivity index (χ0n) is 22.2. The lowest BCUT2D eigenvalue weighted by molar-refractivity contribution is 0.129. The van der Waals surface area contributed by atoms with E-state index in [0.717, 1.165) is 31.8 Å². The summed E-state index contributed by atoms with van der Waals surface area (Å²) < 4.78 is 68.4. The van der Waals surface area contributed by atoms with Crippen LogP contribution in [0, 0.1) is 0 Å². The lowest BCUT2D eigenvalue weighted by Crippen LogP contribution is -2.37. The number of phosphoric ester groups is 1. The van der Waals surface area contributed by atoms with Crippen molar-refractivity contribution < 1.29 is 32.3 Å². The van der Waals surface area contributed by atoms with Gasteiger partial charge in [0.25, 0.3) is 0 Å². The highest BCUT2D eigenvalue weighted by molar-refractivity contribution is 7.46. The van der Waals surface area contributed by atoms with Crippen molar-refractivity contribution in [2.24, 2.45) is 5.72 Å². The van der Waals surface area contributed by atoms with E-state index >= 15 is 0 Å². The van der Waals surface area contributed by atoms with Crippen molar-refractivity contribution >= 4 is 7.82 Å². The molecule has 0 radical (unpaired) electrons. The fourth-order valence-electron chi connectivity index (χ4n) is 2.35. The van der Waals surface area contributed by atoms with Crippen LogP contribution in [0.1, 0.15) is 89.5 Å². The second-order valence-corrected chi connectivity index (χ2v) is 7.29. The van der Waals surface area contributed by atoms with E-state index in [1.165, 1.54) is 51.0 Å². The molecule has 0 spiro atoms. The molecule has 0 aliphatic rings. The van der Waals surface area contributed by atoms with Gasteiger partial charge in [0, 0.05) is 0 Å². The smallest absolute Gasteiger partial charge is 0.387 e. The number of aliphatic hydroxyl groups is 1. The molecule has 0 aromatic rings. The van der Waals surface area contributed by atoms with Crippen LogP contribution in [0.15, 0.2) is 12.2 Å². The van der Waals surface area contributed by atoms with Crippen LogP contribution in [0.3, 0.4) is 0 Å². The average Bonchev–Trinajstić information content (AvgIpc) is 2.68. The van der Waals surface area contributed by atoms with Gasteiger partial charge in [0.2, 0.25) is 1.43 Å². The molecular formula is C18H38NO5P. The van der Waals surface area contributed by atoms with Gasteiger partial charge in [0.05, 0.1) is 24.1 Å². The summed E-state index contributed by atoms with van der Waals surface area (Å²) in [5.74, 6) is 0. The van der Waals surface area contributed by atoms with Crippen LogP contribution in [0.5, 0.6) is 0 Å². The van der Waals surface area contributed by atoms with Crippen LogP contribution in [0.25, 0.3) is 0 Å². The predicted octanol–water partition coefficient (Wildman–Crippen LogP) is 4.04. The quantitative estimate of drug-likeness (QED) is 0.151. The number of nitrogens with two attached hydrogens (primary N) is 1. The zero-order valence-corrected chi connectivity index (χ0v) is 16.0. The Hall–Kier alpha value is -0.230. The molecule has 7 heteroatoms. The second kappa shape index (κ2) is 16.0. The van der Waals surface area contributed by atoms with E-state index in [9.17, 15) is 4.57 Å². The molecule has 5 N–H and O–H groups in total. The minimum atomic E-state index is -5.48. The van der Waals surface area contributed by atoms with E-state index in [4.69, 9.17) is 19.5 Å². The van der Waals surface area contributed by atoms with Gasteiger partial charge in [-0.15, -0.1) is 0 Å².